The van der Waals surface area contributed by atoms with Crippen LogP contribution in [0.5, 0.6) is 0 Å². The van der Waals surface area contributed by atoms with Crippen molar-refractivity contribution in [3.8, 4) is 0 Å². The van der Waals surface area contributed by atoms with Gasteiger partial charge in [0.15, 0.2) is 5.17 Å². The Balaban J connectivity index is 1.81. The molecule has 2 aromatic carbocycles. The summed E-state index contributed by atoms with van der Waals surface area (Å²) in [5.74, 6) is 0.581. The summed E-state index contributed by atoms with van der Waals surface area (Å²) in [6.07, 6.45) is 2.08. The summed E-state index contributed by atoms with van der Waals surface area (Å²) in [4.78, 5) is 18.8. The standard InChI is InChI=1S/C18H13BrN2OS/c19-14-8-6-12(7-9-14)15-10-16(13-4-2-1-3-5-13)21-17(22)11-23-18(21)20-15/h1-10,16H,11H2. The molecule has 1 amide bonds. The molecule has 0 saturated carbocycles. The number of amides is 1. The SMILES string of the molecule is O=C1CSC2=NC(c3ccc(Br)cc3)=CC(c3ccccc3)N12. The highest BCUT2D eigenvalue weighted by Crippen LogP contribution is 2.38. The second-order valence-corrected chi connectivity index (χ2v) is 7.22. The molecular weight excluding hydrogens is 372 g/mol. The molecule has 23 heavy (non-hydrogen) atoms. The topological polar surface area (TPSA) is 32.7 Å². The number of thioether (sulfide) groups is 1. The summed E-state index contributed by atoms with van der Waals surface area (Å²) in [6.45, 7) is 0. The molecule has 5 heteroatoms. The molecule has 3 nitrogen and oxygen atoms in total. The summed E-state index contributed by atoms with van der Waals surface area (Å²) in [5, 5.41) is 0.796. The monoisotopic (exact) mass is 384 g/mol. The van der Waals surface area contributed by atoms with Crippen LogP contribution in [0.25, 0.3) is 5.70 Å². The van der Waals surface area contributed by atoms with Gasteiger partial charge < -0.3 is 0 Å². The smallest absolute Gasteiger partial charge is 0.239 e. The van der Waals surface area contributed by atoms with Crippen molar-refractivity contribution in [3.63, 3.8) is 0 Å². The first kappa shape index (κ1) is 14.7. The largest absolute Gasteiger partial charge is 0.279 e. The van der Waals surface area contributed by atoms with Crippen molar-refractivity contribution in [1.29, 1.82) is 0 Å². The number of carbonyl (C=O) groups excluding carboxylic acids is 1. The normalized spacial score (nSPS) is 20.1. The maximum absolute atomic E-state index is 12.3. The zero-order chi connectivity index (χ0) is 15.8. The number of halogens is 1. The molecular formula is C18H13BrN2OS. The predicted molar refractivity (Wildman–Crippen MR) is 98.0 cm³/mol. The van der Waals surface area contributed by atoms with Gasteiger partial charge in [0.05, 0.1) is 17.5 Å². The molecule has 0 spiro atoms. The molecule has 0 N–H and O–H groups in total. The van der Waals surface area contributed by atoms with E-state index in [4.69, 9.17) is 4.99 Å². The zero-order valence-electron chi connectivity index (χ0n) is 12.1. The molecule has 0 radical (unpaired) electrons. The number of rotatable bonds is 2. The lowest BCUT2D eigenvalue weighted by molar-refractivity contribution is -0.125. The van der Waals surface area contributed by atoms with E-state index >= 15 is 0 Å². The number of benzene rings is 2. The Kier molecular flexibility index (Phi) is 3.83. The van der Waals surface area contributed by atoms with Crippen molar-refractivity contribution in [2.75, 3.05) is 5.75 Å². The summed E-state index contributed by atoms with van der Waals surface area (Å²) in [5.41, 5.74) is 3.08. The summed E-state index contributed by atoms with van der Waals surface area (Å²) in [6, 6.07) is 18.1. The van der Waals surface area contributed by atoms with Crippen LogP contribution in [-0.4, -0.2) is 21.7 Å². The number of amidine groups is 1. The molecule has 0 aromatic heterocycles. The Hall–Kier alpha value is -1.85. The van der Waals surface area contributed by atoms with Crippen LogP contribution in [0, 0.1) is 0 Å². The molecule has 2 aromatic rings. The van der Waals surface area contributed by atoms with Gasteiger partial charge in [-0.05, 0) is 23.8 Å². The van der Waals surface area contributed by atoms with Gasteiger partial charge >= 0.3 is 0 Å². The minimum absolute atomic E-state index is 0.0927. The Labute approximate surface area is 147 Å². The van der Waals surface area contributed by atoms with Crippen LogP contribution in [0.4, 0.5) is 0 Å². The van der Waals surface area contributed by atoms with Gasteiger partial charge in [0.1, 0.15) is 0 Å². The highest BCUT2D eigenvalue weighted by molar-refractivity contribution is 9.10. The van der Waals surface area contributed by atoms with Crippen LogP contribution in [-0.2, 0) is 4.79 Å². The van der Waals surface area contributed by atoms with Crippen molar-refractivity contribution in [2.24, 2.45) is 4.99 Å². The number of hydrogen-bond donors (Lipinski definition) is 0. The maximum atomic E-state index is 12.3. The number of nitrogens with zero attached hydrogens (tertiary/aromatic N) is 2. The molecule has 1 fully saturated rings. The first-order valence-corrected chi connectivity index (χ1v) is 9.06. The van der Waals surface area contributed by atoms with Gasteiger partial charge in [-0.15, -0.1) is 0 Å². The van der Waals surface area contributed by atoms with E-state index in [1.165, 1.54) is 11.8 Å². The summed E-state index contributed by atoms with van der Waals surface area (Å²) in [7, 11) is 0. The van der Waals surface area contributed by atoms with Gasteiger partial charge in [-0.25, -0.2) is 4.99 Å². The van der Waals surface area contributed by atoms with Gasteiger partial charge in [0.2, 0.25) is 5.91 Å². The maximum Gasteiger partial charge on any atom is 0.239 e. The lowest BCUT2D eigenvalue weighted by atomic mass is 10.0. The van der Waals surface area contributed by atoms with Crippen molar-refractivity contribution in [3.05, 3.63) is 76.3 Å². The molecule has 2 aliphatic rings. The molecule has 4 rings (SSSR count). The predicted octanol–water partition coefficient (Wildman–Crippen LogP) is 4.48. The second kappa shape index (κ2) is 5.98. The minimum Gasteiger partial charge on any atom is -0.279 e. The van der Waals surface area contributed by atoms with Gasteiger partial charge in [0, 0.05) is 10.0 Å². The van der Waals surface area contributed by atoms with Crippen LogP contribution in [0.3, 0.4) is 0 Å². The first-order chi connectivity index (χ1) is 11.2. The van der Waals surface area contributed by atoms with Gasteiger partial charge in [-0.2, -0.15) is 0 Å². The molecule has 0 aliphatic carbocycles. The summed E-state index contributed by atoms with van der Waals surface area (Å²) >= 11 is 4.97. The van der Waals surface area contributed by atoms with E-state index < -0.39 is 0 Å². The quantitative estimate of drug-likeness (QED) is 0.764. The lowest BCUT2D eigenvalue weighted by Gasteiger charge is -2.29. The zero-order valence-corrected chi connectivity index (χ0v) is 14.5. The van der Waals surface area contributed by atoms with Crippen molar-refractivity contribution in [1.82, 2.24) is 4.90 Å². The van der Waals surface area contributed by atoms with Crippen molar-refractivity contribution >= 4 is 44.5 Å². The van der Waals surface area contributed by atoms with Gasteiger partial charge in [0.25, 0.3) is 0 Å². The van der Waals surface area contributed by atoms with Crippen LogP contribution >= 0.6 is 27.7 Å². The van der Waals surface area contributed by atoms with Crippen molar-refractivity contribution in [2.45, 2.75) is 6.04 Å². The van der Waals surface area contributed by atoms with E-state index in [-0.39, 0.29) is 11.9 Å². The molecule has 1 saturated heterocycles. The van der Waals surface area contributed by atoms with Gasteiger partial charge in [-0.1, -0.05) is 70.2 Å². The third-order valence-corrected chi connectivity index (χ3v) is 5.36. The third-order valence-electron chi connectivity index (χ3n) is 3.89. The first-order valence-electron chi connectivity index (χ1n) is 7.28. The summed E-state index contributed by atoms with van der Waals surface area (Å²) < 4.78 is 1.04. The Morgan fingerprint density at radius 1 is 1.09 bits per heavy atom. The lowest BCUT2D eigenvalue weighted by Crippen LogP contribution is -2.34. The van der Waals surface area contributed by atoms with E-state index in [0.717, 1.165) is 26.5 Å². The Bertz CT molecular complexity index is 815. The van der Waals surface area contributed by atoms with Crippen LogP contribution in [0.2, 0.25) is 0 Å². The third kappa shape index (κ3) is 2.75. The molecule has 1 unspecified atom stereocenters. The fourth-order valence-electron chi connectivity index (χ4n) is 2.77. The van der Waals surface area contributed by atoms with Crippen molar-refractivity contribution < 1.29 is 4.79 Å². The Morgan fingerprint density at radius 3 is 2.57 bits per heavy atom. The molecule has 114 valence electrons. The number of fused-ring (bicyclic) bond motifs is 1. The number of hydrogen-bond acceptors (Lipinski definition) is 3. The second-order valence-electron chi connectivity index (χ2n) is 5.36. The van der Waals surface area contributed by atoms with E-state index in [2.05, 4.69) is 34.1 Å². The molecule has 0 bridgehead atoms. The average Bonchev–Trinajstić information content (AvgIpc) is 2.97. The average molecular weight is 385 g/mol. The van der Waals surface area contributed by atoms with E-state index in [9.17, 15) is 4.79 Å². The molecule has 1 atom stereocenters. The fourth-order valence-corrected chi connectivity index (χ4v) is 3.95. The molecule has 2 aliphatic heterocycles. The van der Waals surface area contributed by atoms with E-state index in [0.29, 0.717) is 5.75 Å². The highest BCUT2D eigenvalue weighted by Gasteiger charge is 2.37. The van der Waals surface area contributed by atoms with E-state index in [1.807, 2.05) is 47.4 Å². The number of carbonyl (C=O) groups is 1. The van der Waals surface area contributed by atoms with Crippen LogP contribution in [0.1, 0.15) is 17.2 Å². The van der Waals surface area contributed by atoms with E-state index in [1.54, 1.807) is 0 Å². The van der Waals surface area contributed by atoms with Crippen LogP contribution < -0.4 is 0 Å². The van der Waals surface area contributed by atoms with Crippen LogP contribution in [0.15, 0.2) is 70.1 Å². The highest BCUT2D eigenvalue weighted by atomic mass is 79.9. The fraction of sp³-hybridized carbons (Fsp3) is 0.111. The Morgan fingerprint density at radius 2 is 1.83 bits per heavy atom. The molecule has 2 heterocycles. The van der Waals surface area contributed by atoms with Gasteiger partial charge in [-0.3, -0.25) is 9.69 Å². The number of aliphatic imine (C=N–C) groups is 1. The minimum atomic E-state index is -0.0927.